The van der Waals surface area contributed by atoms with E-state index in [1.165, 1.54) is 0 Å². The molecule has 0 aromatic heterocycles. The summed E-state index contributed by atoms with van der Waals surface area (Å²) >= 11 is 3.43. The Bertz CT molecular complexity index is 620. The number of piperidine rings is 1. The third kappa shape index (κ3) is 3.58. The average molecular weight is 380 g/mol. The molecule has 23 heavy (non-hydrogen) atoms. The van der Waals surface area contributed by atoms with E-state index in [2.05, 4.69) is 21.2 Å². The van der Waals surface area contributed by atoms with Gasteiger partial charge in [0, 0.05) is 42.3 Å². The number of rotatable bonds is 2. The van der Waals surface area contributed by atoms with Gasteiger partial charge in [-0.2, -0.15) is 0 Å². The van der Waals surface area contributed by atoms with Gasteiger partial charge in [-0.1, -0.05) is 15.9 Å². The van der Waals surface area contributed by atoms with Crippen LogP contribution in [0.3, 0.4) is 0 Å². The molecule has 2 fully saturated rings. The minimum Gasteiger partial charge on any atom is -0.337 e. The van der Waals surface area contributed by atoms with Crippen molar-refractivity contribution in [3.63, 3.8) is 0 Å². The van der Waals surface area contributed by atoms with Crippen LogP contribution in [0.4, 0.5) is 0 Å². The number of benzene rings is 1. The van der Waals surface area contributed by atoms with Gasteiger partial charge in [-0.3, -0.25) is 9.59 Å². The topological polar surface area (TPSA) is 52.7 Å². The van der Waals surface area contributed by atoms with E-state index in [9.17, 15) is 9.59 Å². The third-order valence-corrected chi connectivity index (χ3v) is 5.16. The van der Waals surface area contributed by atoms with Crippen LogP contribution in [-0.2, 0) is 4.79 Å². The van der Waals surface area contributed by atoms with Crippen molar-refractivity contribution < 1.29 is 9.59 Å². The maximum Gasteiger partial charge on any atom is 0.254 e. The van der Waals surface area contributed by atoms with Crippen molar-refractivity contribution in [2.75, 3.05) is 32.7 Å². The van der Waals surface area contributed by atoms with Gasteiger partial charge in [0.25, 0.3) is 5.91 Å². The van der Waals surface area contributed by atoms with E-state index in [1.807, 2.05) is 34.9 Å². The second-order valence-electron chi connectivity index (χ2n) is 6.27. The zero-order valence-electron chi connectivity index (χ0n) is 13.3. The number of halogens is 1. The van der Waals surface area contributed by atoms with Gasteiger partial charge in [-0.25, -0.2) is 0 Å². The molecule has 0 bridgehead atoms. The van der Waals surface area contributed by atoms with Crippen LogP contribution < -0.4 is 5.32 Å². The van der Waals surface area contributed by atoms with Crippen LogP contribution in [-0.4, -0.2) is 60.4 Å². The molecule has 0 aliphatic carbocycles. The normalized spacial score (nSPS) is 22.3. The Morgan fingerprint density at radius 1 is 1.35 bits per heavy atom. The number of hydrogen-bond donors (Lipinski definition) is 1. The smallest absolute Gasteiger partial charge is 0.254 e. The molecule has 2 heterocycles. The Labute approximate surface area is 145 Å². The Morgan fingerprint density at radius 2 is 2.17 bits per heavy atom. The van der Waals surface area contributed by atoms with Crippen LogP contribution in [0.25, 0.3) is 0 Å². The van der Waals surface area contributed by atoms with Crippen LogP contribution in [0.2, 0.25) is 0 Å². The summed E-state index contributed by atoms with van der Waals surface area (Å²) in [7, 11) is 0. The number of amides is 2. The Morgan fingerprint density at radius 3 is 2.91 bits per heavy atom. The van der Waals surface area contributed by atoms with Crippen LogP contribution in [0.5, 0.6) is 0 Å². The van der Waals surface area contributed by atoms with Gasteiger partial charge < -0.3 is 15.1 Å². The molecule has 6 heteroatoms. The highest BCUT2D eigenvalue weighted by atomic mass is 79.9. The number of piperazine rings is 1. The van der Waals surface area contributed by atoms with Crippen molar-refractivity contribution in [1.82, 2.24) is 15.1 Å². The minimum absolute atomic E-state index is 0.0716. The molecule has 1 atom stereocenters. The molecular weight excluding hydrogens is 358 g/mol. The first kappa shape index (κ1) is 16.5. The van der Waals surface area contributed by atoms with Gasteiger partial charge in [-0.05, 0) is 43.5 Å². The monoisotopic (exact) mass is 379 g/mol. The van der Waals surface area contributed by atoms with Crippen molar-refractivity contribution >= 4 is 27.7 Å². The van der Waals surface area contributed by atoms with Crippen molar-refractivity contribution in [3.8, 4) is 0 Å². The van der Waals surface area contributed by atoms with Crippen LogP contribution in [0.15, 0.2) is 22.7 Å². The Hall–Kier alpha value is -1.40. The van der Waals surface area contributed by atoms with Gasteiger partial charge in [0.15, 0.2) is 0 Å². The maximum atomic E-state index is 12.8. The number of hydrogen-bond acceptors (Lipinski definition) is 3. The number of aryl methyl sites for hydroxylation is 1. The molecule has 0 saturated carbocycles. The van der Waals surface area contributed by atoms with E-state index < -0.39 is 0 Å². The summed E-state index contributed by atoms with van der Waals surface area (Å²) in [4.78, 5) is 28.8. The fraction of sp³-hybridized carbons (Fsp3) is 0.529. The lowest BCUT2D eigenvalue weighted by Gasteiger charge is -2.41. The second kappa shape index (κ2) is 7.01. The summed E-state index contributed by atoms with van der Waals surface area (Å²) in [5, 5.41) is 3.10. The number of carbonyl (C=O) groups is 2. The molecule has 3 rings (SSSR count). The quantitative estimate of drug-likeness (QED) is 0.852. The number of nitrogens with one attached hydrogen (secondary N) is 1. The fourth-order valence-electron chi connectivity index (χ4n) is 3.44. The molecule has 2 amide bonds. The van der Waals surface area contributed by atoms with E-state index in [0.29, 0.717) is 13.1 Å². The first-order valence-electron chi connectivity index (χ1n) is 8.12. The summed E-state index contributed by atoms with van der Waals surface area (Å²) in [6, 6.07) is 5.90. The molecule has 1 unspecified atom stereocenters. The molecule has 2 aliphatic rings. The highest BCUT2D eigenvalue weighted by Gasteiger charge is 2.32. The second-order valence-corrected chi connectivity index (χ2v) is 7.19. The Balaban J connectivity index is 1.72. The standard InChI is InChI=1S/C17H22BrN3O2/c1-12-9-13(18)4-5-15(12)17(23)20-7-2-3-14(11-20)21-8-6-19-10-16(21)22/h4-5,9,14,19H,2-3,6-8,10-11H2,1H3. The first-order chi connectivity index (χ1) is 11.1. The number of likely N-dealkylation sites (tertiary alicyclic amines) is 1. The molecule has 1 aromatic rings. The van der Waals surface area contributed by atoms with E-state index >= 15 is 0 Å². The fourth-order valence-corrected chi connectivity index (χ4v) is 3.91. The van der Waals surface area contributed by atoms with Crippen molar-refractivity contribution in [3.05, 3.63) is 33.8 Å². The molecule has 2 aliphatic heterocycles. The lowest BCUT2D eigenvalue weighted by molar-refractivity contribution is -0.135. The lowest BCUT2D eigenvalue weighted by atomic mass is 10.0. The number of nitrogens with zero attached hydrogens (tertiary/aromatic N) is 2. The van der Waals surface area contributed by atoms with Gasteiger partial charge in [0.1, 0.15) is 0 Å². The van der Waals surface area contributed by atoms with Gasteiger partial charge in [0.2, 0.25) is 5.91 Å². The third-order valence-electron chi connectivity index (χ3n) is 4.67. The lowest BCUT2D eigenvalue weighted by Crippen LogP contribution is -2.57. The van der Waals surface area contributed by atoms with E-state index in [0.717, 1.165) is 48.1 Å². The van der Waals surface area contributed by atoms with Crippen LogP contribution in [0, 0.1) is 6.92 Å². The predicted octanol–water partition coefficient (Wildman–Crippen LogP) is 1.79. The highest BCUT2D eigenvalue weighted by Crippen LogP contribution is 2.22. The summed E-state index contributed by atoms with van der Waals surface area (Å²) in [6.45, 7) is 5.35. The Kier molecular flexibility index (Phi) is 5.02. The summed E-state index contributed by atoms with van der Waals surface area (Å²) in [6.07, 6.45) is 1.93. The van der Waals surface area contributed by atoms with E-state index in [1.54, 1.807) is 0 Å². The molecule has 124 valence electrons. The van der Waals surface area contributed by atoms with Crippen molar-refractivity contribution in [1.29, 1.82) is 0 Å². The van der Waals surface area contributed by atoms with Gasteiger partial charge >= 0.3 is 0 Å². The van der Waals surface area contributed by atoms with E-state index in [-0.39, 0.29) is 17.9 Å². The summed E-state index contributed by atoms with van der Waals surface area (Å²) in [5.74, 6) is 0.220. The van der Waals surface area contributed by atoms with Gasteiger partial charge in [0.05, 0.1) is 6.54 Å². The van der Waals surface area contributed by atoms with Crippen molar-refractivity contribution in [2.45, 2.75) is 25.8 Å². The molecule has 1 aromatic carbocycles. The predicted molar refractivity (Wildman–Crippen MR) is 92.4 cm³/mol. The molecule has 2 saturated heterocycles. The average Bonchev–Trinajstić information content (AvgIpc) is 2.55. The summed E-state index contributed by atoms with van der Waals surface area (Å²) in [5.41, 5.74) is 1.73. The first-order valence-corrected chi connectivity index (χ1v) is 8.91. The maximum absolute atomic E-state index is 12.8. The zero-order chi connectivity index (χ0) is 16.4. The highest BCUT2D eigenvalue weighted by molar-refractivity contribution is 9.10. The molecular formula is C17H22BrN3O2. The molecule has 0 spiro atoms. The summed E-state index contributed by atoms with van der Waals surface area (Å²) < 4.78 is 0.981. The minimum atomic E-state index is 0.0716. The van der Waals surface area contributed by atoms with Crippen molar-refractivity contribution in [2.24, 2.45) is 0 Å². The van der Waals surface area contributed by atoms with Crippen LogP contribution >= 0.6 is 15.9 Å². The zero-order valence-corrected chi connectivity index (χ0v) is 14.9. The molecule has 0 radical (unpaired) electrons. The largest absolute Gasteiger partial charge is 0.337 e. The van der Waals surface area contributed by atoms with Crippen LogP contribution in [0.1, 0.15) is 28.8 Å². The molecule has 5 nitrogen and oxygen atoms in total. The SMILES string of the molecule is Cc1cc(Br)ccc1C(=O)N1CCCC(N2CCNCC2=O)C1. The molecule has 1 N–H and O–H groups in total. The van der Waals surface area contributed by atoms with Gasteiger partial charge in [-0.15, -0.1) is 0 Å². The number of carbonyl (C=O) groups excluding carboxylic acids is 2. The van der Waals surface area contributed by atoms with E-state index in [4.69, 9.17) is 0 Å².